The molecular weight excluding hydrogens is 821 g/mol. The SMILES string of the molecule is CCCCCCCC(=O)[O-].CCCCCCCC(=O)[O-].CCCCCCCC(=O)[O-].CCCCCCCC(=O)[O-].CCCCCCCC(=O)[O-].[Ta+5]. The maximum atomic E-state index is 9.92. The van der Waals surface area contributed by atoms with Crippen LogP contribution in [-0.4, -0.2) is 29.8 Å². The van der Waals surface area contributed by atoms with Crippen molar-refractivity contribution in [1.82, 2.24) is 0 Å². The van der Waals surface area contributed by atoms with Crippen LogP contribution < -0.4 is 25.5 Å². The molecule has 0 rings (SSSR count). The Hall–Kier alpha value is -1.91. The molecule has 51 heavy (non-hydrogen) atoms. The number of hydrogen-bond donors (Lipinski definition) is 0. The van der Waals surface area contributed by atoms with Gasteiger partial charge in [-0.3, -0.25) is 0 Å². The predicted octanol–water partition coefficient (Wildman–Crippen LogP) is 5.48. The second-order valence-corrected chi connectivity index (χ2v) is 12.7. The number of carboxylic acid groups (broad SMARTS) is 5. The molecule has 0 aliphatic rings. The molecule has 0 unspecified atom stereocenters. The van der Waals surface area contributed by atoms with Crippen molar-refractivity contribution >= 4 is 29.8 Å². The normalized spacial score (nSPS) is 9.51. The van der Waals surface area contributed by atoms with Crippen molar-refractivity contribution in [3.8, 4) is 0 Å². The summed E-state index contributed by atoms with van der Waals surface area (Å²) in [5.74, 6) is -4.60. The summed E-state index contributed by atoms with van der Waals surface area (Å²) in [7, 11) is 0. The summed E-state index contributed by atoms with van der Waals surface area (Å²) in [6.45, 7) is 10.7. The molecule has 0 aliphatic heterocycles. The smallest absolute Gasteiger partial charge is 0.550 e. The van der Waals surface area contributed by atoms with E-state index >= 15 is 0 Å². The minimum Gasteiger partial charge on any atom is -0.550 e. The molecule has 10 nitrogen and oxygen atoms in total. The third-order valence-corrected chi connectivity index (χ3v) is 7.42. The summed E-state index contributed by atoms with van der Waals surface area (Å²) in [5, 5.41) is 49.6. The molecule has 0 radical (unpaired) electrons. The van der Waals surface area contributed by atoms with Gasteiger partial charge in [-0.15, -0.1) is 0 Å². The van der Waals surface area contributed by atoms with Gasteiger partial charge >= 0.3 is 22.4 Å². The first-order valence-electron chi connectivity index (χ1n) is 19.8. The maximum Gasteiger partial charge on any atom is 5.00 e. The molecule has 0 bridgehead atoms. The fourth-order valence-corrected chi connectivity index (χ4v) is 4.36. The number of hydrogen-bond acceptors (Lipinski definition) is 10. The zero-order valence-corrected chi connectivity index (χ0v) is 36.5. The first-order valence-corrected chi connectivity index (χ1v) is 19.8. The second kappa shape index (κ2) is 57.4. The molecule has 11 heteroatoms. The van der Waals surface area contributed by atoms with Crippen LogP contribution in [0.1, 0.15) is 227 Å². The molecule has 0 aromatic carbocycles. The van der Waals surface area contributed by atoms with E-state index in [1.54, 1.807) is 0 Å². The number of carbonyl (C=O) groups is 5. The van der Waals surface area contributed by atoms with E-state index in [0.29, 0.717) is 0 Å². The van der Waals surface area contributed by atoms with Gasteiger partial charge in [0.1, 0.15) is 0 Å². The average Bonchev–Trinajstić information content (AvgIpc) is 3.05. The van der Waals surface area contributed by atoms with Crippen LogP contribution in [0, 0.1) is 0 Å². The molecule has 0 saturated heterocycles. The summed E-state index contributed by atoms with van der Waals surface area (Å²) >= 11 is 0. The molecular formula is C40H75O10Ta. The van der Waals surface area contributed by atoms with Crippen molar-refractivity contribution < 1.29 is 71.9 Å². The van der Waals surface area contributed by atoms with Gasteiger partial charge in [-0.05, 0) is 64.2 Å². The Morgan fingerprint density at radius 3 is 0.471 bits per heavy atom. The van der Waals surface area contributed by atoms with Gasteiger partial charge in [-0.1, -0.05) is 163 Å². The Morgan fingerprint density at radius 1 is 0.255 bits per heavy atom. The van der Waals surface area contributed by atoms with Crippen LogP contribution in [0.15, 0.2) is 0 Å². The predicted molar refractivity (Wildman–Crippen MR) is 192 cm³/mol. The molecule has 300 valence electrons. The van der Waals surface area contributed by atoms with Crippen molar-refractivity contribution in [3.63, 3.8) is 0 Å². The van der Waals surface area contributed by atoms with Crippen molar-refractivity contribution in [3.05, 3.63) is 0 Å². The topological polar surface area (TPSA) is 201 Å². The summed E-state index contributed by atoms with van der Waals surface area (Å²) in [4.78, 5) is 49.6. The average molecular weight is 897 g/mol. The standard InChI is InChI=1S/5C8H16O2.Ta/c5*1-2-3-4-5-6-7-8(9)10;/h5*2-7H2,1H3,(H,9,10);/q;;;;;+5/p-5. The molecule has 0 saturated carbocycles. The van der Waals surface area contributed by atoms with Gasteiger partial charge in [0.15, 0.2) is 0 Å². The Balaban J connectivity index is -0.000000123. The largest absolute Gasteiger partial charge is 5.00 e. The Kier molecular flexibility index (Phi) is 68.9. The fourth-order valence-electron chi connectivity index (χ4n) is 4.36. The van der Waals surface area contributed by atoms with E-state index in [4.69, 9.17) is 0 Å². The summed E-state index contributed by atoms with van der Waals surface area (Å²) in [5.41, 5.74) is 0. The number of carboxylic acids is 5. The van der Waals surface area contributed by atoms with E-state index < -0.39 is 29.8 Å². The van der Waals surface area contributed by atoms with Crippen LogP contribution in [-0.2, 0) is 46.4 Å². The molecule has 0 amide bonds. The van der Waals surface area contributed by atoms with E-state index in [2.05, 4.69) is 34.6 Å². The zero-order valence-electron chi connectivity index (χ0n) is 33.2. The Labute approximate surface area is 327 Å². The first kappa shape index (κ1) is 61.1. The van der Waals surface area contributed by atoms with Gasteiger partial charge < -0.3 is 49.5 Å². The molecule has 0 atom stereocenters. The van der Waals surface area contributed by atoms with E-state index in [1.807, 2.05) is 0 Å². The Bertz CT molecular complexity index is 593. The molecule has 0 N–H and O–H groups in total. The van der Waals surface area contributed by atoms with E-state index in [1.165, 1.54) is 64.2 Å². The number of rotatable bonds is 30. The second-order valence-electron chi connectivity index (χ2n) is 12.7. The van der Waals surface area contributed by atoms with Crippen LogP contribution in [0.2, 0.25) is 0 Å². The molecule has 0 spiro atoms. The summed E-state index contributed by atoms with van der Waals surface area (Å²) < 4.78 is 0. The molecule has 0 fully saturated rings. The molecule has 0 heterocycles. The number of unbranched alkanes of at least 4 members (excludes halogenated alkanes) is 20. The van der Waals surface area contributed by atoms with Gasteiger partial charge in [0.25, 0.3) is 0 Å². The fraction of sp³-hybridized carbons (Fsp3) is 0.875. The minimum absolute atomic E-state index is 0. The van der Waals surface area contributed by atoms with Crippen LogP contribution in [0.25, 0.3) is 0 Å². The first-order chi connectivity index (χ1) is 23.9. The minimum atomic E-state index is -0.920. The maximum absolute atomic E-state index is 9.92. The van der Waals surface area contributed by atoms with Crippen molar-refractivity contribution in [2.24, 2.45) is 0 Å². The van der Waals surface area contributed by atoms with Gasteiger partial charge in [-0.25, -0.2) is 0 Å². The Morgan fingerprint density at radius 2 is 0.373 bits per heavy atom. The van der Waals surface area contributed by atoms with Gasteiger partial charge in [0.05, 0.1) is 0 Å². The van der Waals surface area contributed by atoms with Crippen molar-refractivity contribution in [1.29, 1.82) is 0 Å². The van der Waals surface area contributed by atoms with Crippen molar-refractivity contribution in [2.45, 2.75) is 227 Å². The summed E-state index contributed by atoms with van der Waals surface area (Å²) in [6.07, 6.45) is 28.0. The number of aliphatic carboxylic acids is 5. The summed E-state index contributed by atoms with van der Waals surface area (Å²) in [6, 6.07) is 0. The van der Waals surface area contributed by atoms with E-state index in [0.717, 1.165) is 96.3 Å². The van der Waals surface area contributed by atoms with Crippen molar-refractivity contribution in [2.75, 3.05) is 0 Å². The number of carbonyl (C=O) groups excluding carboxylic acids is 5. The van der Waals surface area contributed by atoms with Gasteiger partial charge in [0.2, 0.25) is 0 Å². The van der Waals surface area contributed by atoms with Crippen LogP contribution in [0.3, 0.4) is 0 Å². The quantitative estimate of drug-likeness (QED) is 0.0832. The van der Waals surface area contributed by atoms with Gasteiger partial charge in [0, 0.05) is 29.8 Å². The molecule has 0 aromatic heterocycles. The zero-order chi connectivity index (χ0) is 39.1. The monoisotopic (exact) mass is 896 g/mol. The van der Waals surface area contributed by atoms with Gasteiger partial charge in [-0.2, -0.15) is 0 Å². The van der Waals surface area contributed by atoms with Crippen LogP contribution >= 0.6 is 0 Å². The third kappa shape index (κ3) is 93.3. The van der Waals surface area contributed by atoms with Crippen LogP contribution in [0.5, 0.6) is 0 Å². The van der Waals surface area contributed by atoms with E-state index in [9.17, 15) is 49.5 Å². The third-order valence-electron chi connectivity index (χ3n) is 7.42. The molecule has 0 aliphatic carbocycles. The van der Waals surface area contributed by atoms with Crippen LogP contribution in [0.4, 0.5) is 0 Å². The molecule has 0 aromatic rings. The van der Waals surface area contributed by atoms with E-state index in [-0.39, 0.29) is 54.5 Å².